The van der Waals surface area contributed by atoms with Crippen LogP contribution in [0.1, 0.15) is 35.3 Å². The molecule has 0 radical (unpaired) electrons. The van der Waals surface area contributed by atoms with Gasteiger partial charge in [0.1, 0.15) is 0 Å². The van der Waals surface area contributed by atoms with Gasteiger partial charge in [0.25, 0.3) is 5.91 Å². The van der Waals surface area contributed by atoms with Crippen LogP contribution < -0.4 is 5.32 Å². The number of nitrogens with zero attached hydrogens (tertiary/aromatic N) is 3. The minimum absolute atomic E-state index is 0.108. The van der Waals surface area contributed by atoms with Gasteiger partial charge in [-0.05, 0) is 24.8 Å². The lowest BCUT2D eigenvalue weighted by molar-refractivity contribution is -0.141. The number of hydrogen-bond acceptors (Lipinski definition) is 4. The molecular formula is C16H18N4O3. The molecular weight excluding hydrogens is 296 g/mol. The van der Waals surface area contributed by atoms with Gasteiger partial charge in [-0.25, -0.2) is 4.68 Å². The van der Waals surface area contributed by atoms with Crippen molar-refractivity contribution in [1.29, 1.82) is 0 Å². The van der Waals surface area contributed by atoms with Gasteiger partial charge < -0.3 is 10.4 Å². The Balaban J connectivity index is 1.57. The highest BCUT2D eigenvalue weighted by molar-refractivity contribution is 5.92. The van der Waals surface area contributed by atoms with Crippen LogP contribution in [0.15, 0.2) is 36.5 Å². The molecule has 1 aromatic carbocycles. The van der Waals surface area contributed by atoms with Crippen molar-refractivity contribution < 1.29 is 14.7 Å². The monoisotopic (exact) mass is 314 g/mol. The van der Waals surface area contributed by atoms with Crippen molar-refractivity contribution in [3.8, 4) is 0 Å². The van der Waals surface area contributed by atoms with Crippen molar-refractivity contribution >= 4 is 11.9 Å². The van der Waals surface area contributed by atoms with E-state index < -0.39 is 5.97 Å². The Morgan fingerprint density at radius 3 is 2.74 bits per heavy atom. The summed E-state index contributed by atoms with van der Waals surface area (Å²) in [6, 6.07) is 9.67. The van der Waals surface area contributed by atoms with Crippen LogP contribution in [0.2, 0.25) is 0 Å². The van der Waals surface area contributed by atoms with Crippen LogP contribution in [0.5, 0.6) is 0 Å². The van der Waals surface area contributed by atoms with Crippen LogP contribution in [-0.2, 0) is 11.3 Å². The summed E-state index contributed by atoms with van der Waals surface area (Å²) in [4.78, 5) is 23.1. The number of nitrogens with one attached hydrogen (secondary N) is 1. The van der Waals surface area contributed by atoms with Crippen molar-refractivity contribution in [1.82, 2.24) is 20.3 Å². The standard InChI is InChI=1S/C16H18N4O3/c21-15(17-13-7-6-12(8-13)16(22)23)14-10-20(19-18-14)9-11-4-2-1-3-5-11/h1-5,10,12-13H,6-9H2,(H,17,21)(H,22,23)/t12-,13+/m0/s1. The zero-order valence-electron chi connectivity index (χ0n) is 12.6. The molecule has 1 aromatic heterocycles. The summed E-state index contributed by atoms with van der Waals surface area (Å²) in [5.74, 6) is -1.47. The van der Waals surface area contributed by atoms with E-state index in [0.717, 1.165) is 5.56 Å². The Kier molecular flexibility index (Phi) is 4.36. The SMILES string of the molecule is O=C(N[C@@H]1CC[C@H](C(=O)O)C1)c1cn(Cc2ccccc2)nn1. The van der Waals surface area contributed by atoms with Crippen molar-refractivity contribution in [3.63, 3.8) is 0 Å². The number of carboxylic acids is 1. The molecule has 120 valence electrons. The van der Waals surface area contributed by atoms with Gasteiger partial charge in [0.15, 0.2) is 5.69 Å². The summed E-state index contributed by atoms with van der Waals surface area (Å²) in [6.07, 6.45) is 3.35. The van der Waals surface area contributed by atoms with Crippen LogP contribution in [-0.4, -0.2) is 38.0 Å². The molecule has 2 aromatic rings. The highest BCUT2D eigenvalue weighted by Gasteiger charge is 2.31. The molecule has 0 saturated heterocycles. The van der Waals surface area contributed by atoms with Crippen LogP contribution >= 0.6 is 0 Å². The molecule has 2 atom stereocenters. The molecule has 0 aliphatic heterocycles. The van der Waals surface area contributed by atoms with Gasteiger partial charge in [-0.3, -0.25) is 9.59 Å². The number of aliphatic carboxylic acids is 1. The molecule has 2 N–H and O–H groups in total. The quantitative estimate of drug-likeness (QED) is 0.867. The lowest BCUT2D eigenvalue weighted by atomic mass is 10.1. The third kappa shape index (κ3) is 3.74. The van der Waals surface area contributed by atoms with E-state index in [1.165, 1.54) is 0 Å². The summed E-state index contributed by atoms with van der Waals surface area (Å²) in [6.45, 7) is 0.547. The minimum atomic E-state index is -0.796. The first kappa shape index (κ1) is 15.2. The molecule has 0 spiro atoms. The lowest BCUT2D eigenvalue weighted by Crippen LogP contribution is -2.33. The number of amides is 1. The molecule has 1 aliphatic carbocycles. The summed E-state index contributed by atoms with van der Waals surface area (Å²) >= 11 is 0. The highest BCUT2D eigenvalue weighted by atomic mass is 16.4. The maximum Gasteiger partial charge on any atom is 0.306 e. The first-order valence-corrected chi connectivity index (χ1v) is 7.59. The minimum Gasteiger partial charge on any atom is -0.481 e. The third-order valence-electron chi connectivity index (χ3n) is 4.08. The molecule has 1 saturated carbocycles. The fourth-order valence-electron chi connectivity index (χ4n) is 2.85. The Morgan fingerprint density at radius 1 is 1.26 bits per heavy atom. The molecule has 1 amide bonds. The Bertz CT molecular complexity index is 698. The number of hydrogen-bond donors (Lipinski definition) is 2. The van der Waals surface area contributed by atoms with Crippen LogP contribution in [0.3, 0.4) is 0 Å². The van der Waals surface area contributed by atoms with E-state index in [-0.39, 0.29) is 23.6 Å². The van der Waals surface area contributed by atoms with Crippen molar-refractivity contribution in [2.24, 2.45) is 5.92 Å². The average Bonchev–Trinajstić information content (AvgIpc) is 3.18. The molecule has 1 heterocycles. The van der Waals surface area contributed by atoms with Gasteiger partial charge in [0.2, 0.25) is 0 Å². The molecule has 0 unspecified atom stereocenters. The molecule has 1 fully saturated rings. The van der Waals surface area contributed by atoms with Gasteiger partial charge in [-0.1, -0.05) is 35.5 Å². The first-order chi connectivity index (χ1) is 11.1. The first-order valence-electron chi connectivity index (χ1n) is 7.59. The predicted octanol–water partition coefficient (Wildman–Crippen LogP) is 1.31. The van der Waals surface area contributed by atoms with E-state index in [1.807, 2.05) is 30.3 Å². The van der Waals surface area contributed by atoms with E-state index in [4.69, 9.17) is 5.11 Å². The van der Waals surface area contributed by atoms with Crippen LogP contribution in [0, 0.1) is 5.92 Å². The van der Waals surface area contributed by atoms with Crippen molar-refractivity contribution in [2.75, 3.05) is 0 Å². The topological polar surface area (TPSA) is 97.1 Å². The predicted molar refractivity (Wildman–Crippen MR) is 81.8 cm³/mol. The second-order valence-electron chi connectivity index (χ2n) is 5.81. The highest BCUT2D eigenvalue weighted by Crippen LogP contribution is 2.25. The molecule has 3 rings (SSSR count). The maximum atomic E-state index is 12.2. The molecule has 7 heteroatoms. The van der Waals surface area contributed by atoms with Crippen molar-refractivity contribution in [3.05, 3.63) is 47.8 Å². The fraction of sp³-hybridized carbons (Fsp3) is 0.375. The summed E-state index contributed by atoms with van der Waals surface area (Å²) in [5, 5.41) is 19.7. The Morgan fingerprint density at radius 2 is 2.04 bits per heavy atom. The Labute approximate surface area is 133 Å². The van der Waals surface area contributed by atoms with E-state index in [0.29, 0.717) is 25.8 Å². The van der Waals surface area contributed by atoms with E-state index in [2.05, 4.69) is 15.6 Å². The number of carboxylic acid groups (broad SMARTS) is 1. The number of aromatic nitrogens is 3. The van der Waals surface area contributed by atoms with Gasteiger partial charge in [-0.2, -0.15) is 0 Å². The number of carbonyl (C=O) groups excluding carboxylic acids is 1. The van der Waals surface area contributed by atoms with Gasteiger partial charge in [0, 0.05) is 6.04 Å². The molecule has 0 bridgehead atoms. The number of carbonyl (C=O) groups is 2. The summed E-state index contributed by atoms with van der Waals surface area (Å²) in [5.41, 5.74) is 1.32. The molecule has 23 heavy (non-hydrogen) atoms. The largest absolute Gasteiger partial charge is 0.481 e. The van der Waals surface area contributed by atoms with Crippen LogP contribution in [0.25, 0.3) is 0 Å². The zero-order valence-corrected chi connectivity index (χ0v) is 12.6. The second-order valence-corrected chi connectivity index (χ2v) is 5.81. The number of benzene rings is 1. The smallest absolute Gasteiger partial charge is 0.306 e. The van der Waals surface area contributed by atoms with Gasteiger partial charge in [0.05, 0.1) is 18.7 Å². The lowest BCUT2D eigenvalue weighted by Gasteiger charge is -2.10. The van der Waals surface area contributed by atoms with E-state index in [9.17, 15) is 9.59 Å². The van der Waals surface area contributed by atoms with Crippen LogP contribution in [0.4, 0.5) is 0 Å². The van der Waals surface area contributed by atoms with Gasteiger partial charge >= 0.3 is 5.97 Å². The molecule has 7 nitrogen and oxygen atoms in total. The van der Waals surface area contributed by atoms with E-state index in [1.54, 1.807) is 10.9 Å². The zero-order chi connectivity index (χ0) is 16.2. The average molecular weight is 314 g/mol. The van der Waals surface area contributed by atoms with Crippen molar-refractivity contribution in [2.45, 2.75) is 31.8 Å². The maximum absolute atomic E-state index is 12.2. The number of rotatable bonds is 5. The second kappa shape index (κ2) is 6.60. The normalized spacial score (nSPS) is 20.3. The molecule has 1 aliphatic rings. The summed E-state index contributed by atoms with van der Waals surface area (Å²) in [7, 11) is 0. The fourth-order valence-corrected chi connectivity index (χ4v) is 2.85. The Hall–Kier alpha value is -2.70. The summed E-state index contributed by atoms with van der Waals surface area (Å²) < 4.78 is 1.61. The third-order valence-corrected chi connectivity index (χ3v) is 4.08. The van der Waals surface area contributed by atoms with Gasteiger partial charge in [-0.15, -0.1) is 5.10 Å². The van der Waals surface area contributed by atoms with E-state index >= 15 is 0 Å².